The van der Waals surface area contributed by atoms with Crippen molar-refractivity contribution in [3.63, 3.8) is 0 Å². The molecule has 2 aliphatic heterocycles. The van der Waals surface area contributed by atoms with Crippen molar-refractivity contribution in [2.24, 2.45) is 17.3 Å². The molecule has 0 radical (unpaired) electrons. The number of anilines is 3. The van der Waals surface area contributed by atoms with Crippen LogP contribution in [0.5, 0.6) is 0 Å². The summed E-state index contributed by atoms with van der Waals surface area (Å²) in [5.41, 5.74) is 3.01. The van der Waals surface area contributed by atoms with E-state index in [2.05, 4.69) is 58.0 Å². The van der Waals surface area contributed by atoms with Gasteiger partial charge in [-0.25, -0.2) is 19.3 Å². The van der Waals surface area contributed by atoms with Crippen molar-refractivity contribution >= 4 is 28.4 Å². The van der Waals surface area contributed by atoms with Gasteiger partial charge in [0.05, 0.1) is 12.2 Å². The van der Waals surface area contributed by atoms with Crippen molar-refractivity contribution in [1.29, 1.82) is 0 Å². The van der Waals surface area contributed by atoms with E-state index in [9.17, 15) is 9.90 Å². The molecule has 2 aliphatic carbocycles. The third-order valence-electron chi connectivity index (χ3n) is 10.5. The third-order valence-corrected chi connectivity index (χ3v) is 10.5. The number of hydrogen-bond acceptors (Lipinski definition) is 8. The number of hydrogen-bond donors (Lipinski definition) is 2. The summed E-state index contributed by atoms with van der Waals surface area (Å²) in [5, 5.41) is 15.4. The van der Waals surface area contributed by atoms with Crippen LogP contribution in [0.2, 0.25) is 0 Å². The summed E-state index contributed by atoms with van der Waals surface area (Å²) in [5.74, 6) is 2.44. The number of nitrogens with one attached hydrogen (secondary N) is 1. The van der Waals surface area contributed by atoms with Gasteiger partial charge in [0.1, 0.15) is 11.0 Å². The highest BCUT2D eigenvalue weighted by Crippen LogP contribution is 2.63. The van der Waals surface area contributed by atoms with Gasteiger partial charge in [-0.1, -0.05) is 12.1 Å². The van der Waals surface area contributed by atoms with E-state index in [1.165, 1.54) is 18.8 Å². The van der Waals surface area contributed by atoms with Crippen molar-refractivity contribution in [2.45, 2.75) is 44.8 Å². The van der Waals surface area contributed by atoms with Crippen molar-refractivity contribution < 1.29 is 5.11 Å². The Morgan fingerprint density at radius 2 is 1.79 bits per heavy atom. The van der Waals surface area contributed by atoms with E-state index in [4.69, 9.17) is 9.97 Å². The number of pyridine rings is 1. The molecule has 10 heteroatoms. The SMILES string of the molecule is C=CCn1c(=O)c2cnc(Nc3ccc(N4C[C@H]5CN(C)C[C@H]5C4)cc3)nc2n1-c1ccc2c(n1)[C@@](C)(O)C1(CC2)CC1. The lowest BCUT2D eigenvalue weighted by molar-refractivity contribution is -0.0371. The molecule has 5 heterocycles. The average molecular weight is 579 g/mol. The van der Waals surface area contributed by atoms with E-state index in [0.717, 1.165) is 61.9 Å². The van der Waals surface area contributed by atoms with Crippen molar-refractivity contribution in [3.8, 4) is 5.82 Å². The van der Waals surface area contributed by atoms with E-state index in [1.807, 2.05) is 19.1 Å². The van der Waals surface area contributed by atoms with E-state index in [0.29, 0.717) is 28.5 Å². The number of likely N-dealkylation sites (tertiary alicyclic amines) is 1. The van der Waals surface area contributed by atoms with Gasteiger partial charge in [0.2, 0.25) is 5.95 Å². The zero-order valence-electron chi connectivity index (χ0n) is 24.8. The Morgan fingerprint density at radius 3 is 2.49 bits per heavy atom. The molecule has 1 spiro atoms. The minimum atomic E-state index is -1.01. The zero-order valence-corrected chi connectivity index (χ0v) is 24.8. The van der Waals surface area contributed by atoms with Gasteiger partial charge < -0.3 is 20.2 Å². The van der Waals surface area contributed by atoms with Crippen molar-refractivity contribution in [1.82, 2.24) is 29.2 Å². The number of aromatic nitrogens is 5. The molecule has 3 aromatic heterocycles. The standard InChI is InChI=1S/C33H38N8O2/c1-4-15-40-30(42)26-16-34-31(35-24-6-8-25(9-7-24)39-19-22-17-38(3)18-23(22)20-39)37-29(26)41(40)27-10-5-21-11-12-33(13-14-33)32(2,43)28(21)36-27/h4-10,16,22-23,43H,1,11-15,17-20H2,2-3H3,(H,34,35,37)/t22-,23+,32-/m1/s1. The van der Waals surface area contributed by atoms with Gasteiger partial charge in [-0.05, 0) is 87.4 Å². The second-order valence-electron chi connectivity index (χ2n) is 13.3. The molecule has 4 aliphatic rings. The summed E-state index contributed by atoms with van der Waals surface area (Å²) in [6.45, 7) is 10.6. The van der Waals surface area contributed by atoms with Crippen LogP contribution < -0.4 is 15.8 Å². The van der Waals surface area contributed by atoms with Crippen LogP contribution in [-0.4, -0.2) is 67.5 Å². The molecule has 2 saturated heterocycles. The molecule has 1 aromatic carbocycles. The fourth-order valence-electron chi connectivity index (χ4n) is 7.91. The number of benzene rings is 1. The maximum absolute atomic E-state index is 13.5. The monoisotopic (exact) mass is 578 g/mol. The Morgan fingerprint density at radius 1 is 1.05 bits per heavy atom. The minimum absolute atomic E-state index is 0.0929. The molecule has 3 atom stereocenters. The van der Waals surface area contributed by atoms with Crippen LogP contribution in [0.3, 0.4) is 0 Å². The number of fused-ring (bicyclic) bond motifs is 3. The van der Waals surface area contributed by atoms with Gasteiger partial charge in [0.25, 0.3) is 5.56 Å². The van der Waals surface area contributed by atoms with Crippen LogP contribution in [0.1, 0.15) is 37.4 Å². The molecular formula is C33H38N8O2. The fourth-order valence-corrected chi connectivity index (χ4v) is 7.91. The smallest absolute Gasteiger partial charge is 0.278 e. The number of rotatable bonds is 6. The number of aliphatic hydroxyl groups is 1. The highest BCUT2D eigenvalue weighted by molar-refractivity contribution is 5.77. The van der Waals surface area contributed by atoms with Gasteiger partial charge in [-0.2, -0.15) is 4.98 Å². The molecule has 43 heavy (non-hydrogen) atoms. The van der Waals surface area contributed by atoms with Crippen molar-refractivity contribution in [3.05, 3.63) is 76.9 Å². The largest absolute Gasteiger partial charge is 0.383 e. The summed E-state index contributed by atoms with van der Waals surface area (Å²) >= 11 is 0. The number of aryl methyl sites for hydroxylation is 1. The predicted octanol–water partition coefficient (Wildman–Crippen LogP) is 3.84. The molecule has 1 saturated carbocycles. The van der Waals surface area contributed by atoms with Crippen molar-refractivity contribution in [2.75, 3.05) is 43.4 Å². The molecule has 0 bridgehead atoms. The number of nitrogens with zero attached hydrogens (tertiary/aromatic N) is 7. The lowest BCUT2D eigenvalue weighted by Gasteiger charge is -2.38. The molecule has 2 N–H and O–H groups in total. The predicted molar refractivity (Wildman–Crippen MR) is 167 cm³/mol. The Kier molecular flexibility index (Phi) is 5.87. The first kappa shape index (κ1) is 26.6. The summed E-state index contributed by atoms with van der Waals surface area (Å²) < 4.78 is 3.31. The van der Waals surface area contributed by atoms with Crippen LogP contribution in [0.25, 0.3) is 16.9 Å². The fraction of sp³-hybridized carbons (Fsp3) is 0.455. The van der Waals surface area contributed by atoms with E-state index >= 15 is 0 Å². The first-order valence-electron chi connectivity index (χ1n) is 15.4. The molecule has 0 amide bonds. The summed E-state index contributed by atoms with van der Waals surface area (Å²) in [6, 6.07) is 12.4. The van der Waals surface area contributed by atoms with Gasteiger partial charge in [-0.3, -0.25) is 4.79 Å². The molecule has 10 nitrogen and oxygen atoms in total. The Bertz CT molecular complexity index is 1790. The van der Waals surface area contributed by atoms with Gasteiger partial charge in [0.15, 0.2) is 11.5 Å². The number of allylic oxidation sites excluding steroid dienone is 1. The van der Waals surface area contributed by atoms with Crippen LogP contribution >= 0.6 is 0 Å². The maximum atomic E-state index is 13.5. The van der Waals surface area contributed by atoms with E-state index in [-0.39, 0.29) is 17.5 Å². The van der Waals surface area contributed by atoms with Gasteiger partial charge in [-0.15, -0.1) is 6.58 Å². The maximum Gasteiger partial charge on any atom is 0.278 e. The molecule has 222 valence electrons. The average Bonchev–Trinajstić information content (AvgIpc) is 3.47. The van der Waals surface area contributed by atoms with Gasteiger partial charge in [0, 0.05) is 49.2 Å². The van der Waals surface area contributed by atoms with Gasteiger partial charge >= 0.3 is 0 Å². The van der Waals surface area contributed by atoms with Crippen LogP contribution in [-0.2, 0) is 18.6 Å². The minimum Gasteiger partial charge on any atom is -0.383 e. The first-order valence-corrected chi connectivity index (χ1v) is 15.4. The first-order chi connectivity index (χ1) is 20.8. The topological polar surface area (TPSA) is 104 Å². The van der Waals surface area contributed by atoms with E-state index in [1.54, 1.807) is 21.6 Å². The quantitative estimate of drug-likeness (QED) is 0.333. The Labute approximate surface area is 250 Å². The van der Waals surface area contributed by atoms with Crippen LogP contribution in [0.4, 0.5) is 17.3 Å². The lowest BCUT2D eigenvalue weighted by Crippen LogP contribution is -2.39. The van der Waals surface area contributed by atoms with Crippen LogP contribution in [0, 0.1) is 17.3 Å². The molecule has 0 unspecified atom stereocenters. The third kappa shape index (κ3) is 4.14. The zero-order chi connectivity index (χ0) is 29.5. The lowest BCUT2D eigenvalue weighted by atomic mass is 9.72. The molecule has 8 rings (SSSR count). The highest BCUT2D eigenvalue weighted by Gasteiger charge is 2.59. The highest BCUT2D eigenvalue weighted by atomic mass is 16.3. The summed E-state index contributed by atoms with van der Waals surface area (Å²) in [6.07, 6.45) is 7.16. The second-order valence-corrected chi connectivity index (χ2v) is 13.3. The summed E-state index contributed by atoms with van der Waals surface area (Å²) in [7, 11) is 2.22. The Balaban J connectivity index is 1.12. The molecule has 3 fully saturated rings. The second kappa shape index (κ2) is 9.49. The van der Waals surface area contributed by atoms with Crippen LogP contribution in [0.15, 0.2) is 60.0 Å². The molecule has 4 aromatic rings. The van der Waals surface area contributed by atoms with E-state index < -0.39 is 5.60 Å². The summed E-state index contributed by atoms with van der Waals surface area (Å²) in [4.78, 5) is 32.7. The normalized spacial score (nSPS) is 25.7. The molecular weight excluding hydrogens is 540 g/mol. The Hall–Kier alpha value is -4.02.